The number of aliphatic carboxylic acids is 1. The van der Waals surface area contributed by atoms with Gasteiger partial charge in [-0.1, -0.05) is 36.8 Å². The number of halogens is 1. The van der Waals surface area contributed by atoms with Crippen molar-refractivity contribution in [2.45, 2.75) is 81.8 Å². The van der Waals surface area contributed by atoms with Crippen LogP contribution in [0.4, 0.5) is 0 Å². The van der Waals surface area contributed by atoms with E-state index in [1.165, 1.54) is 6.42 Å². The maximum atomic E-state index is 10.6. The van der Waals surface area contributed by atoms with E-state index in [0.29, 0.717) is 19.3 Å². The van der Waals surface area contributed by atoms with E-state index in [2.05, 4.69) is 12.7 Å². The maximum absolute atomic E-state index is 10.6. The number of hydrogen-bond acceptors (Lipinski definition) is 3. The lowest BCUT2D eigenvalue weighted by Crippen LogP contribution is -2.40. The average Bonchev–Trinajstić information content (AvgIpc) is 2.87. The summed E-state index contributed by atoms with van der Waals surface area (Å²) in [7, 11) is 0. The van der Waals surface area contributed by atoms with Crippen molar-refractivity contribution in [1.82, 2.24) is 0 Å². The second-order valence-corrected chi connectivity index (χ2v) is 9.00. The van der Waals surface area contributed by atoms with Crippen LogP contribution in [0.5, 0.6) is 0 Å². The number of carboxylic acids is 1. The molecule has 2 rings (SSSR count). The minimum absolute atomic E-state index is 0.00452. The van der Waals surface area contributed by atoms with Crippen LogP contribution in [0.15, 0.2) is 37.0 Å². The Morgan fingerprint density at radius 2 is 2.04 bits per heavy atom. The van der Waals surface area contributed by atoms with Crippen LogP contribution in [0.2, 0.25) is 0 Å². The van der Waals surface area contributed by atoms with Crippen LogP contribution in [0.25, 0.3) is 0 Å². The van der Waals surface area contributed by atoms with E-state index in [1.807, 2.05) is 24.3 Å². The molecule has 0 radical (unpaired) electrons. The van der Waals surface area contributed by atoms with Gasteiger partial charge in [0.15, 0.2) is 0 Å². The summed E-state index contributed by atoms with van der Waals surface area (Å²) >= 11 is 6.47. The van der Waals surface area contributed by atoms with Gasteiger partial charge in [0, 0.05) is 23.1 Å². The lowest BCUT2D eigenvalue weighted by Gasteiger charge is -2.45. The van der Waals surface area contributed by atoms with E-state index in [9.17, 15) is 15.0 Å². The van der Waals surface area contributed by atoms with Crippen LogP contribution in [0.3, 0.4) is 0 Å². The van der Waals surface area contributed by atoms with Gasteiger partial charge in [-0.25, -0.2) is 0 Å². The van der Waals surface area contributed by atoms with E-state index >= 15 is 0 Å². The second kappa shape index (κ2) is 11.2. The van der Waals surface area contributed by atoms with E-state index in [4.69, 9.17) is 16.7 Å². The zero-order chi connectivity index (χ0) is 20.6. The minimum atomic E-state index is -0.766. The number of unbranched alkanes of at least 4 members (excludes halogenated alkanes) is 1. The first kappa shape index (κ1) is 23.2. The highest BCUT2D eigenvalue weighted by Crippen LogP contribution is 2.48. The molecule has 2 aliphatic carbocycles. The Morgan fingerprint density at radius 1 is 1.29 bits per heavy atom. The number of rotatable bonds is 12. The standard InChI is InChI=1S/C23H35ClO4/c1-2-13-23(14-8-15-23)21(26)11-7-10-18-17(19(24)16-20(18)25)9-5-3-4-6-12-22(27)28/h2-3,5,7,10,17-21,25-26H,1,4,6,8-9,11-16H2,(H,27,28)/t17-,18-,19-,20-,21?/m1/s1. The van der Waals surface area contributed by atoms with Crippen molar-refractivity contribution >= 4 is 17.6 Å². The molecule has 2 aliphatic rings. The van der Waals surface area contributed by atoms with Gasteiger partial charge < -0.3 is 15.3 Å². The zero-order valence-electron chi connectivity index (χ0n) is 16.7. The van der Waals surface area contributed by atoms with Crippen molar-refractivity contribution < 1.29 is 20.1 Å². The van der Waals surface area contributed by atoms with Crippen LogP contribution >= 0.6 is 11.6 Å². The van der Waals surface area contributed by atoms with Gasteiger partial charge in [0.2, 0.25) is 0 Å². The summed E-state index contributed by atoms with van der Waals surface area (Å²) in [5.74, 6) is -0.612. The third kappa shape index (κ3) is 6.20. The first-order valence-corrected chi connectivity index (χ1v) is 11.0. The summed E-state index contributed by atoms with van der Waals surface area (Å²) in [5, 5.41) is 29.6. The fourth-order valence-electron chi connectivity index (χ4n) is 4.61. The van der Waals surface area contributed by atoms with Crippen molar-refractivity contribution in [1.29, 1.82) is 0 Å². The van der Waals surface area contributed by atoms with Gasteiger partial charge in [0.1, 0.15) is 0 Å². The molecule has 28 heavy (non-hydrogen) atoms. The highest BCUT2D eigenvalue weighted by molar-refractivity contribution is 6.21. The molecule has 5 atom stereocenters. The third-order valence-electron chi connectivity index (χ3n) is 6.53. The van der Waals surface area contributed by atoms with E-state index < -0.39 is 12.1 Å². The summed E-state index contributed by atoms with van der Waals surface area (Å²) in [5.41, 5.74) is -0.00646. The van der Waals surface area contributed by atoms with Gasteiger partial charge in [-0.15, -0.1) is 18.2 Å². The van der Waals surface area contributed by atoms with Crippen LogP contribution < -0.4 is 0 Å². The highest BCUT2D eigenvalue weighted by atomic mass is 35.5. The number of aliphatic hydroxyl groups excluding tert-OH is 2. The van der Waals surface area contributed by atoms with Gasteiger partial charge in [-0.05, 0) is 57.3 Å². The number of carboxylic acid groups (broad SMARTS) is 1. The largest absolute Gasteiger partial charge is 0.481 e. The Balaban J connectivity index is 1.85. The molecule has 2 saturated carbocycles. The van der Waals surface area contributed by atoms with E-state index in [1.54, 1.807) is 0 Å². The number of alkyl halides is 1. The lowest BCUT2D eigenvalue weighted by molar-refractivity contribution is -0.137. The summed E-state index contributed by atoms with van der Waals surface area (Å²) < 4.78 is 0. The van der Waals surface area contributed by atoms with Crippen LogP contribution in [0.1, 0.15) is 64.2 Å². The number of carbonyl (C=O) groups is 1. The molecule has 4 nitrogen and oxygen atoms in total. The first-order chi connectivity index (χ1) is 13.4. The van der Waals surface area contributed by atoms with Crippen molar-refractivity contribution in [3.05, 3.63) is 37.0 Å². The van der Waals surface area contributed by atoms with Crippen LogP contribution in [-0.4, -0.2) is 38.9 Å². The molecular weight excluding hydrogens is 376 g/mol. The lowest BCUT2D eigenvalue weighted by atomic mass is 9.62. The van der Waals surface area contributed by atoms with Gasteiger partial charge in [0.25, 0.3) is 0 Å². The van der Waals surface area contributed by atoms with Crippen molar-refractivity contribution in [2.24, 2.45) is 17.3 Å². The Kier molecular flexibility index (Phi) is 9.26. The summed E-state index contributed by atoms with van der Waals surface area (Å²) in [6, 6.07) is 0. The molecule has 0 aromatic carbocycles. The monoisotopic (exact) mass is 410 g/mol. The van der Waals surface area contributed by atoms with Crippen LogP contribution in [-0.2, 0) is 4.79 Å². The van der Waals surface area contributed by atoms with Crippen molar-refractivity contribution in [3.8, 4) is 0 Å². The molecule has 0 saturated heterocycles. The van der Waals surface area contributed by atoms with Gasteiger partial charge in [-0.3, -0.25) is 4.79 Å². The van der Waals surface area contributed by atoms with E-state index in [0.717, 1.165) is 32.1 Å². The maximum Gasteiger partial charge on any atom is 0.303 e. The molecule has 0 aromatic rings. The fraction of sp³-hybridized carbons (Fsp3) is 0.696. The Hall–Kier alpha value is -1.10. The number of allylic oxidation sites excluding steroid dienone is 3. The average molecular weight is 411 g/mol. The topological polar surface area (TPSA) is 77.8 Å². The summed E-state index contributed by atoms with van der Waals surface area (Å²) in [4.78, 5) is 10.5. The van der Waals surface area contributed by atoms with E-state index in [-0.39, 0.29) is 35.2 Å². The SMILES string of the molecule is C=CCC1(C(O)CC=C[C@@H]2[C@@H](CC=CCCCC(=O)O)[C@H](Cl)C[C@H]2O)CCC1. The third-order valence-corrected chi connectivity index (χ3v) is 7.03. The molecule has 0 heterocycles. The second-order valence-electron chi connectivity index (χ2n) is 8.44. The molecular formula is C23H35ClO4. The molecule has 0 amide bonds. The molecule has 0 aliphatic heterocycles. The fourth-order valence-corrected chi connectivity index (χ4v) is 5.07. The molecule has 5 heteroatoms. The molecule has 1 unspecified atom stereocenters. The smallest absolute Gasteiger partial charge is 0.303 e. The predicted molar refractivity (Wildman–Crippen MR) is 113 cm³/mol. The molecule has 0 bridgehead atoms. The molecule has 0 aromatic heterocycles. The number of hydrogen-bond donors (Lipinski definition) is 3. The normalized spacial score (nSPS) is 30.5. The van der Waals surface area contributed by atoms with Gasteiger partial charge in [0.05, 0.1) is 12.2 Å². The van der Waals surface area contributed by atoms with Gasteiger partial charge in [-0.2, -0.15) is 0 Å². The molecule has 2 fully saturated rings. The van der Waals surface area contributed by atoms with Crippen LogP contribution in [0, 0.1) is 17.3 Å². The highest BCUT2D eigenvalue weighted by Gasteiger charge is 2.42. The molecule has 158 valence electrons. The number of aliphatic hydroxyl groups is 2. The summed E-state index contributed by atoms with van der Waals surface area (Å²) in [6.45, 7) is 3.82. The summed E-state index contributed by atoms with van der Waals surface area (Å²) in [6.07, 6.45) is 16.9. The van der Waals surface area contributed by atoms with Crippen molar-refractivity contribution in [3.63, 3.8) is 0 Å². The zero-order valence-corrected chi connectivity index (χ0v) is 17.4. The molecule has 0 spiro atoms. The minimum Gasteiger partial charge on any atom is -0.481 e. The first-order valence-electron chi connectivity index (χ1n) is 10.5. The van der Waals surface area contributed by atoms with Gasteiger partial charge >= 0.3 is 5.97 Å². The quantitative estimate of drug-likeness (QED) is 0.244. The Morgan fingerprint density at radius 3 is 2.64 bits per heavy atom. The predicted octanol–water partition coefficient (Wildman–Crippen LogP) is 4.85. The Bertz CT molecular complexity index is 567. The molecule has 3 N–H and O–H groups in total. The van der Waals surface area contributed by atoms with Crippen molar-refractivity contribution in [2.75, 3.05) is 0 Å². The Labute approximate surface area is 174 Å².